The van der Waals surface area contributed by atoms with Gasteiger partial charge in [0.15, 0.2) is 0 Å². The monoisotopic (exact) mass is 238 g/mol. The SMILES string of the molecule is Cc1cc2ccc(Br)cc2oc1=O. The van der Waals surface area contributed by atoms with Crippen molar-refractivity contribution in [2.45, 2.75) is 6.92 Å². The predicted molar refractivity (Wildman–Crippen MR) is 54.9 cm³/mol. The van der Waals surface area contributed by atoms with Crippen molar-refractivity contribution < 1.29 is 4.42 Å². The van der Waals surface area contributed by atoms with Crippen LogP contribution in [0, 0.1) is 6.92 Å². The van der Waals surface area contributed by atoms with Gasteiger partial charge in [-0.25, -0.2) is 4.79 Å². The molecule has 2 rings (SSSR count). The average molecular weight is 239 g/mol. The number of hydrogen-bond acceptors (Lipinski definition) is 2. The van der Waals surface area contributed by atoms with E-state index in [1.165, 1.54) is 0 Å². The summed E-state index contributed by atoms with van der Waals surface area (Å²) in [7, 11) is 0. The fourth-order valence-corrected chi connectivity index (χ4v) is 1.53. The molecule has 0 unspecified atom stereocenters. The molecule has 0 aliphatic rings. The first kappa shape index (κ1) is 8.51. The largest absolute Gasteiger partial charge is 0.422 e. The molecule has 0 atom stereocenters. The normalized spacial score (nSPS) is 10.6. The lowest BCUT2D eigenvalue weighted by Gasteiger charge is -1.97. The Hall–Kier alpha value is -1.09. The minimum Gasteiger partial charge on any atom is -0.422 e. The van der Waals surface area contributed by atoms with Crippen LogP contribution in [-0.4, -0.2) is 0 Å². The molecule has 0 radical (unpaired) electrons. The number of fused-ring (bicyclic) bond motifs is 1. The topological polar surface area (TPSA) is 30.2 Å². The first-order valence-corrected chi connectivity index (χ1v) is 4.66. The molecule has 1 aromatic heterocycles. The number of halogens is 1. The molecule has 0 spiro atoms. The first-order chi connectivity index (χ1) is 6.16. The Morgan fingerprint density at radius 1 is 1.31 bits per heavy atom. The Morgan fingerprint density at radius 2 is 2.08 bits per heavy atom. The highest BCUT2D eigenvalue weighted by Crippen LogP contribution is 2.18. The van der Waals surface area contributed by atoms with E-state index in [4.69, 9.17) is 4.42 Å². The van der Waals surface area contributed by atoms with E-state index in [1.54, 1.807) is 13.0 Å². The summed E-state index contributed by atoms with van der Waals surface area (Å²) in [5.74, 6) is 0. The van der Waals surface area contributed by atoms with Crippen molar-refractivity contribution in [2.75, 3.05) is 0 Å². The molecule has 13 heavy (non-hydrogen) atoms. The summed E-state index contributed by atoms with van der Waals surface area (Å²) < 4.78 is 6.00. The third-order valence-electron chi connectivity index (χ3n) is 1.87. The molecule has 0 amide bonds. The van der Waals surface area contributed by atoms with Gasteiger partial charge in [0.1, 0.15) is 5.58 Å². The van der Waals surface area contributed by atoms with Crippen LogP contribution in [0.25, 0.3) is 11.0 Å². The van der Waals surface area contributed by atoms with Crippen molar-refractivity contribution in [3.63, 3.8) is 0 Å². The Labute approximate surface area is 83.3 Å². The molecule has 0 bridgehead atoms. The van der Waals surface area contributed by atoms with Crippen molar-refractivity contribution in [1.82, 2.24) is 0 Å². The van der Waals surface area contributed by atoms with Gasteiger partial charge in [-0.3, -0.25) is 0 Å². The van der Waals surface area contributed by atoms with E-state index in [0.29, 0.717) is 11.1 Å². The smallest absolute Gasteiger partial charge is 0.339 e. The van der Waals surface area contributed by atoms with E-state index < -0.39 is 0 Å². The average Bonchev–Trinajstić information content (AvgIpc) is 2.08. The molecule has 3 heteroatoms. The van der Waals surface area contributed by atoms with E-state index in [9.17, 15) is 4.79 Å². The van der Waals surface area contributed by atoms with Crippen molar-refractivity contribution >= 4 is 26.9 Å². The molecule has 0 N–H and O–H groups in total. The fourth-order valence-electron chi connectivity index (χ4n) is 1.19. The summed E-state index contributed by atoms with van der Waals surface area (Å²) in [5.41, 5.74) is 0.977. The van der Waals surface area contributed by atoms with Gasteiger partial charge < -0.3 is 4.42 Å². The van der Waals surface area contributed by atoms with Gasteiger partial charge in [-0.15, -0.1) is 0 Å². The zero-order chi connectivity index (χ0) is 9.42. The molecular weight excluding hydrogens is 232 g/mol. The quantitative estimate of drug-likeness (QED) is 0.661. The van der Waals surface area contributed by atoms with Crippen molar-refractivity contribution in [1.29, 1.82) is 0 Å². The van der Waals surface area contributed by atoms with Gasteiger partial charge in [0.05, 0.1) is 0 Å². The van der Waals surface area contributed by atoms with Crippen molar-refractivity contribution in [2.24, 2.45) is 0 Å². The Morgan fingerprint density at radius 3 is 2.85 bits per heavy atom. The lowest BCUT2D eigenvalue weighted by atomic mass is 10.2. The summed E-state index contributed by atoms with van der Waals surface area (Å²) in [4.78, 5) is 11.2. The van der Waals surface area contributed by atoms with Crippen LogP contribution in [0.5, 0.6) is 0 Å². The highest BCUT2D eigenvalue weighted by atomic mass is 79.9. The van der Waals surface area contributed by atoms with Gasteiger partial charge in [-0.2, -0.15) is 0 Å². The maximum absolute atomic E-state index is 11.2. The van der Waals surface area contributed by atoms with E-state index in [1.807, 2.05) is 18.2 Å². The summed E-state index contributed by atoms with van der Waals surface area (Å²) in [5, 5.41) is 0.945. The number of rotatable bonds is 0. The second-order valence-electron chi connectivity index (χ2n) is 2.90. The second-order valence-corrected chi connectivity index (χ2v) is 3.81. The molecule has 66 valence electrons. The van der Waals surface area contributed by atoms with Crippen molar-refractivity contribution in [3.8, 4) is 0 Å². The standard InChI is InChI=1S/C10H7BrO2/c1-6-4-7-2-3-8(11)5-9(7)13-10(6)12/h2-5H,1H3. The maximum Gasteiger partial charge on any atom is 0.339 e. The van der Waals surface area contributed by atoms with Crippen LogP contribution in [0.1, 0.15) is 5.56 Å². The minimum absolute atomic E-state index is 0.273. The summed E-state index contributed by atoms with van der Waals surface area (Å²) >= 11 is 3.31. The van der Waals surface area contributed by atoms with Crippen LogP contribution in [0.3, 0.4) is 0 Å². The number of hydrogen-bond donors (Lipinski definition) is 0. The Balaban J connectivity index is 2.89. The van der Waals surface area contributed by atoms with Gasteiger partial charge >= 0.3 is 5.63 Å². The molecule has 2 aromatic rings. The van der Waals surface area contributed by atoms with Gasteiger partial charge in [-0.05, 0) is 25.1 Å². The molecule has 0 aliphatic heterocycles. The third-order valence-corrected chi connectivity index (χ3v) is 2.37. The summed E-state index contributed by atoms with van der Waals surface area (Å²) in [6, 6.07) is 7.45. The molecule has 0 saturated carbocycles. The Bertz CT molecular complexity index is 514. The molecule has 1 heterocycles. The molecule has 1 aromatic carbocycles. The predicted octanol–water partition coefficient (Wildman–Crippen LogP) is 2.86. The van der Waals surface area contributed by atoms with Crippen LogP contribution in [0.4, 0.5) is 0 Å². The van der Waals surface area contributed by atoms with Gasteiger partial charge in [0, 0.05) is 15.4 Å². The van der Waals surface area contributed by atoms with E-state index in [-0.39, 0.29) is 5.63 Å². The zero-order valence-corrected chi connectivity index (χ0v) is 8.59. The number of benzene rings is 1. The Kier molecular flexibility index (Phi) is 1.96. The van der Waals surface area contributed by atoms with Gasteiger partial charge in [0.25, 0.3) is 0 Å². The molecule has 2 nitrogen and oxygen atoms in total. The van der Waals surface area contributed by atoms with Crippen LogP contribution in [0.2, 0.25) is 0 Å². The highest BCUT2D eigenvalue weighted by molar-refractivity contribution is 9.10. The van der Waals surface area contributed by atoms with E-state index >= 15 is 0 Å². The fraction of sp³-hybridized carbons (Fsp3) is 0.100. The molecule has 0 saturated heterocycles. The second kappa shape index (κ2) is 3.00. The minimum atomic E-state index is -0.273. The number of aryl methyl sites for hydroxylation is 1. The lowest BCUT2D eigenvalue weighted by Crippen LogP contribution is -2.01. The molecule has 0 aliphatic carbocycles. The third kappa shape index (κ3) is 1.52. The van der Waals surface area contributed by atoms with Crippen LogP contribution >= 0.6 is 15.9 Å². The van der Waals surface area contributed by atoms with E-state index in [2.05, 4.69) is 15.9 Å². The zero-order valence-electron chi connectivity index (χ0n) is 7.00. The van der Waals surface area contributed by atoms with Crippen LogP contribution in [0.15, 0.2) is 37.9 Å². The maximum atomic E-state index is 11.2. The van der Waals surface area contributed by atoms with E-state index in [0.717, 1.165) is 9.86 Å². The molecular formula is C10H7BrO2. The van der Waals surface area contributed by atoms with Gasteiger partial charge in [0.2, 0.25) is 0 Å². The summed E-state index contributed by atoms with van der Waals surface area (Å²) in [6.45, 7) is 1.74. The highest BCUT2D eigenvalue weighted by Gasteiger charge is 2.00. The summed E-state index contributed by atoms with van der Waals surface area (Å²) in [6.07, 6.45) is 0. The van der Waals surface area contributed by atoms with Crippen molar-refractivity contribution in [3.05, 3.63) is 44.7 Å². The molecule has 0 fully saturated rings. The van der Waals surface area contributed by atoms with Gasteiger partial charge in [-0.1, -0.05) is 22.0 Å². The first-order valence-electron chi connectivity index (χ1n) is 3.87. The lowest BCUT2D eigenvalue weighted by molar-refractivity contribution is 0.555. The van der Waals surface area contributed by atoms with Crippen LogP contribution in [-0.2, 0) is 0 Å². The van der Waals surface area contributed by atoms with Crippen LogP contribution < -0.4 is 5.63 Å².